The van der Waals surface area contributed by atoms with E-state index in [9.17, 15) is 9.59 Å². The molecule has 1 fully saturated rings. The third-order valence-electron chi connectivity index (χ3n) is 3.89. The van der Waals surface area contributed by atoms with Crippen molar-refractivity contribution in [3.05, 3.63) is 22.4 Å². The number of fused-ring (bicyclic) bond motifs is 1. The summed E-state index contributed by atoms with van der Waals surface area (Å²) < 4.78 is 6.59. The van der Waals surface area contributed by atoms with Crippen molar-refractivity contribution in [3.8, 4) is 5.75 Å². The number of rotatable bonds is 0. The van der Waals surface area contributed by atoms with Gasteiger partial charge in [-0.05, 0) is 22.0 Å². The number of ketones is 1. The molecule has 2 aliphatic rings. The van der Waals surface area contributed by atoms with Crippen LogP contribution in [0.1, 0.15) is 29.6 Å². The van der Waals surface area contributed by atoms with E-state index in [0.717, 1.165) is 0 Å². The highest BCUT2D eigenvalue weighted by Crippen LogP contribution is 2.39. The van der Waals surface area contributed by atoms with Crippen molar-refractivity contribution in [2.45, 2.75) is 24.9 Å². The number of nitrogens with zero attached hydrogens (tertiary/aromatic N) is 2. The van der Waals surface area contributed by atoms with Gasteiger partial charge in [0.25, 0.3) is 0 Å². The highest BCUT2D eigenvalue weighted by Gasteiger charge is 2.43. The summed E-state index contributed by atoms with van der Waals surface area (Å²) in [4.78, 5) is 28.6. The number of Topliss-reactive ketones (excluding diaryl/α,β-unsaturated/α-hetero) is 1. The molecule has 7 heteroatoms. The van der Waals surface area contributed by atoms with Crippen molar-refractivity contribution in [2.24, 2.45) is 0 Å². The van der Waals surface area contributed by atoms with Crippen LogP contribution in [0, 0.1) is 0 Å². The Hall–Kier alpha value is -1.63. The first-order valence-corrected chi connectivity index (χ1v) is 7.14. The number of likely N-dealkylation sites (tertiary alicyclic amines) is 1. The van der Waals surface area contributed by atoms with Gasteiger partial charge in [0.2, 0.25) is 0 Å². The number of carbonyl (C=O) groups excluding carboxylic acids is 1. The molecule has 106 valence electrons. The number of hydrogen-bond acceptors (Lipinski definition) is 4. The molecule has 1 amide bonds. The number of aromatic nitrogens is 1. The number of halogens is 1. The van der Waals surface area contributed by atoms with Crippen LogP contribution in [0.3, 0.4) is 0 Å². The first-order chi connectivity index (χ1) is 9.49. The fraction of sp³-hybridized carbons (Fsp3) is 0.462. The minimum Gasteiger partial charge on any atom is -0.484 e. The molecule has 0 aromatic carbocycles. The molecule has 0 saturated carbocycles. The number of amides is 1. The lowest BCUT2D eigenvalue weighted by atomic mass is 9.83. The maximum atomic E-state index is 12.3. The van der Waals surface area contributed by atoms with Crippen LogP contribution in [0.15, 0.2) is 16.9 Å². The normalized spacial score (nSPS) is 20.4. The van der Waals surface area contributed by atoms with Crippen molar-refractivity contribution in [1.29, 1.82) is 0 Å². The van der Waals surface area contributed by atoms with Gasteiger partial charge in [0.15, 0.2) is 5.78 Å². The van der Waals surface area contributed by atoms with Gasteiger partial charge in [-0.25, -0.2) is 9.78 Å². The zero-order valence-corrected chi connectivity index (χ0v) is 12.2. The second kappa shape index (κ2) is 4.73. The summed E-state index contributed by atoms with van der Waals surface area (Å²) in [5.41, 5.74) is -0.0379. The average molecular weight is 341 g/mol. The Labute approximate surface area is 123 Å². The molecule has 1 aromatic rings. The van der Waals surface area contributed by atoms with Gasteiger partial charge < -0.3 is 14.7 Å². The fourth-order valence-electron chi connectivity index (χ4n) is 2.76. The summed E-state index contributed by atoms with van der Waals surface area (Å²) in [5.74, 6) is 0.520. The Bertz CT molecular complexity index is 582. The van der Waals surface area contributed by atoms with Crippen LogP contribution in [-0.4, -0.2) is 45.6 Å². The maximum Gasteiger partial charge on any atom is 0.407 e. The molecular formula is C13H13BrN2O4. The number of ether oxygens (including phenoxy) is 1. The zero-order valence-electron chi connectivity index (χ0n) is 10.6. The fourth-order valence-corrected chi connectivity index (χ4v) is 3.09. The van der Waals surface area contributed by atoms with E-state index in [2.05, 4.69) is 20.9 Å². The summed E-state index contributed by atoms with van der Waals surface area (Å²) in [6, 6.07) is 1.66. The van der Waals surface area contributed by atoms with Crippen molar-refractivity contribution in [1.82, 2.24) is 9.88 Å². The summed E-state index contributed by atoms with van der Waals surface area (Å²) in [6.07, 6.45) is 1.97. The minimum atomic E-state index is -0.923. The van der Waals surface area contributed by atoms with Crippen molar-refractivity contribution in [3.63, 3.8) is 0 Å². The molecule has 0 bridgehead atoms. The predicted octanol–water partition coefficient (Wildman–Crippen LogP) is 2.32. The molecule has 0 unspecified atom stereocenters. The Kier molecular flexibility index (Phi) is 3.16. The van der Waals surface area contributed by atoms with Crippen LogP contribution < -0.4 is 4.74 Å². The first-order valence-electron chi connectivity index (χ1n) is 6.35. The summed E-state index contributed by atoms with van der Waals surface area (Å²) in [7, 11) is 0. The lowest BCUT2D eigenvalue weighted by Crippen LogP contribution is -2.52. The van der Waals surface area contributed by atoms with Gasteiger partial charge in [0, 0.05) is 25.9 Å². The maximum absolute atomic E-state index is 12.3. The van der Waals surface area contributed by atoms with Crippen molar-refractivity contribution in [2.75, 3.05) is 13.1 Å². The molecule has 3 rings (SSSR count). The van der Waals surface area contributed by atoms with Crippen LogP contribution >= 0.6 is 15.9 Å². The van der Waals surface area contributed by atoms with Crippen molar-refractivity contribution >= 4 is 27.8 Å². The highest BCUT2D eigenvalue weighted by atomic mass is 79.9. The third kappa shape index (κ3) is 2.26. The molecule has 0 atom stereocenters. The van der Waals surface area contributed by atoms with E-state index in [1.54, 1.807) is 12.3 Å². The molecule has 0 radical (unpaired) electrons. The van der Waals surface area contributed by atoms with E-state index in [4.69, 9.17) is 9.84 Å². The summed E-state index contributed by atoms with van der Waals surface area (Å²) in [5, 5.41) is 8.97. The van der Waals surface area contributed by atoms with E-state index in [1.807, 2.05) is 0 Å². The Morgan fingerprint density at radius 1 is 1.45 bits per heavy atom. The van der Waals surface area contributed by atoms with E-state index in [0.29, 0.717) is 48.3 Å². The molecular weight excluding hydrogens is 328 g/mol. The quantitative estimate of drug-likeness (QED) is 0.733. The van der Waals surface area contributed by atoms with Gasteiger partial charge in [-0.2, -0.15) is 0 Å². The molecule has 1 spiro atoms. The largest absolute Gasteiger partial charge is 0.484 e. The number of piperidine rings is 1. The van der Waals surface area contributed by atoms with Gasteiger partial charge in [-0.3, -0.25) is 4.79 Å². The smallest absolute Gasteiger partial charge is 0.407 e. The number of carboxylic acid groups (broad SMARTS) is 1. The lowest BCUT2D eigenvalue weighted by Gasteiger charge is -2.43. The second-order valence-corrected chi connectivity index (χ2v) is 5.97. The molecule has 6 nitrogen and oxygen atoms in total. The number of pyridine rings is 1. The van der Waals surface area contributed by atoms with Crippen LogP contribution in [0.2, 0.25) is 0 Å². The molecule has 1 aromatic heterocycles. The average Bonchev–Trinajstić information content (AvgIpc) is 2.40. The SMILES string of the molecule is O=C1CC2(CCN(C(=O)O)CC2)Oc2cnc(Br)cc21. The standard InChI is InChI=1S/C13H13BrN2O4/c14-11-5-8-9(17)6-13(20-10(8)7-15-11)1-3-16(4-2-13)12(18)19/h5,7H,1-4,6H2,(H,18,19). The van der Waals surface area contributed by atoms with Gasteiger partial charge in [-0.1, -0.05) is 0 Å². The number of hydrogen-bond donors (Lipinski definition) is 1. The molecule has 20 heavy (non-hydrogen) atoms. The van der Waals surface area contributed by atoms with Gasteiger partial charge in [0.1, 0.15) is 16.0 Å². The van der Waals surface area contributed by atoms with E-state index < -0.39 is 11.7 Å². The molecule has 1 saturated heterocycles. The molecule has 2 aliphatic heterocycles. The lowest BCUT2D eigenvalue weighted by molar-refractivity contribution is -0.00550. The molecule has 0 aliphatic carbocycles. The Morgan fingerprint density at radius 3 is 2.80 bits per heavy atom. The monoisotopic (exact) mass is 340 g/mol. The third-order valence-corrected chi connectivity index (χ3v) is 4.32. The zero-order chi connectivity index (χ0) is 14.3. The van der Waals surface area contributed by atoms with Gasteiger partial charge in [0.05, 0.1) is 18.2 Å². The number of carbonyl (C=O) groups is 2. The van der Waals surface area contributed by atoms with E-state index >= 15 is 0 Å². The van der Waals surface area contributed by atoms with Crippen LogP contribution in [0.5, 0.6) is 5.75 Å². The Morgan fingerprint density at radius 2 is 2.15 bits per heavy atom. The first kappa shape index (κ1) is 13.4. The van der Waals surface area contributed by atoms with Crippen molar-refractivity contribution < 1.29 is 19.4 Å². The second-order valence-electron chi connectivity index (χ2n) is 5.16. The Balaban J connectivity index is 1.83. The predicted molar refractivity (Wildman–Crippen MR) is 73.1 cm³/mol. The molecule has 3 heterocycles. The van der Waals surface area contributed by atoms with Gasteiger partial charge >= 0.3 is 6.09 Å². The molecule has 1 N–H and O–H groups in total. The van der Waals surface area contributed by atoms with Crippen LogP contribution in [0.25, 0.3) is 0 Å². The van der Waals surface area contributed by atoms with Crippen LogP contribution in [0.4, 0.5) is 4.79 Å². The minimum absolute atomic E-state index is 0.0260. The topological polar surface area (TPSA) is 79.7 Å². The summed E-state index contributed by atoms with van der Waals surface area (Å²) in [6.45, 7) is 0.782. The van der Waals surface area contributed by atoms with Crippen LogP contribution in [-0.2, 0) is 0 Å². The summed E-state index contributed by atoms with van der Waals surface area (Å²) >= 11 is 3.24. The van der Waals surface area contributed by atoms with Gasteiger partial charge in [-0.15, -0.1) is 0 Å². The van der Waals surface area contributed by atoms with E-state index in [-0.39, 0.29) is 5.78 Å². The highest BCUT2D eigenvalue weighted by molar-refractivity contribution is 9.10. The van der Waals surface area contributed by atoms with E-state index in [1.165, 1.54) is 4.90 Å².